The zero-order valence-electron chi connectivity index (χ0n) is 14.8. The van der Waals surface area contributed by atoms with E-state index in [1.54, 1.807) is 19.1 Å². The number of benzene rings is 1. The largest absolute Gasteiger partial charge is 0.357 e. The van der Waals surface area contributed by atoms with Crippen molar-refractivity contribution in [3.05, 3.63) is 79.6 Å². The first-order chi connectivity index (χ1) is 11.9. The third-order valence-corrected chi connectivity index (χ3v) is 3.93. The third kappa shape index (κ3) is 4.14. The summed E-state index contributed by atoms with van der Waals surface area (Å²) in [5.41, 5.74) is 1.28. The molecule has 0 amide bonds. The Labute approximate surface area is 145 Å². The Bertz CT molecular complexity index is 863. The molecule has 0 spiro atoms. The molecule has 1 aromatic carbocycles. The molecule has 0 bridgehead atoms. The Morgan fingerprint density at radius 1 is 1.28 bits per heavy atom. The minimum atomic E-state index is -1.60. The molecule has 0 aliphatic heterocycles. The zero-order valence-corrected chi connectivity index (χ0v) is 14.8. The highest BCUT2D eigenvalue weighted by atomic mass is 19.1. The number of hydrogen-bond acceptors (Lipinski definition) is 3. The average molecular weight is 346 g/mol. The van der Waals surface area contributed by atoms with Gasteiger partial charge in [-0.2, -0.15) is 0 Å². The normalized spacial score (nSPS) is 12.2. The van der Waals surface area contributed by atoms with Gasteiger partial charge in [-0.3, -0.25) is 14.3 Å². The zero-order chi connectivity index (χ0) is 18.6. The molecule has 0 fully saturated rings. The fourth-order valence-corrected chi connectivity index (χ4v) is 2.93. The van der Waals surface area contributed by atoms with Crippen LogP contribution in [0.1, 0.15) is 41.0 Å². The second kappa shape index (κ2) is 8.07. The quantitative estimate of drug-likeness (QED) is 0.619. The number of nitrogens with one attached hydrogen (secondary N) is 1. The van der Waals surface area contributed by atoms with Crippen molar-refractivity contribution in [2.75, 3.05) is 6.61 Å². The van der Waals surface area contributed by atoms with Crippen LogP contribution in [0.25, 0.3) is 0 Å². The first-order valence-corrected chi connectivity index (χ1v) is 8.15. The molecule has 1 heterocycles. The standard InChI is InChI=1S/C19H23FN2O3/c1-5-7-25-11-22-17(15(6-2)18(23)21-19(22)24)16(20)14-9-12(3)8-13(4)10-14/h5,8-10,16H,1,6-7,11H2,2-4H3,(H,21,23,24). The van der Waals surface area contributed by atoms with Gasteiger partial charge in [-0.15, -0.1) is 6.58 Å². The molecule has 5 nitrogen and oxygen atoms in total. The Morgan fingerprint density at radius 2 is 1.92 bits per heavy atom. The first-order valence-electron chi connectivity index (χ1n) is 8.15. The fraction of sp³-hybridized carbons (Fsp3) is 0.368. The van der Waals surface area contributed by atoms with Crippen LogP contribution in [0, 0.1) is 13.8 Å². The number of aryl methyl sites for hydroxylation is 2. The number of H-pyrrole nitrogens is 1. The summed E-state index contributed by atoms with van der Waals surface area (Å²) in [5, 5.41) is 0. The number of aromatic nitrogens is 2. The van der Waals surface area contributed by atoms with E-state index in [-0.39, 0.29) is 24.6 Å². The molecule has 0 saturated heterocycles. The van der Waals surface area contributed by atoms with E-state index < -0.39 is 17.4 Å². The van der Waals surface area contributed by atoms with Crippen molar-refractivity contribution in [3.8, 4) is 0 Å². The first kappa shape index (κ1) is 18.9. The molecular formula is C19H23FN2O3. The average Bonchev–Trinajstić information content (AvgIpc) is 2.55. The summed E-state index contributed by atoms with van der Waals surface area (Å²) in [6.07, 6.45) is 0.238. The van der Waals surface area contributed by atoms with Crippen LogP contribution in [-0.4, -0.2) is 16.2 Å². The summed E-state index contributed by atoms with van der Waals surface area (Å²) >= 11 is 0. The lowest BCUT2D eigenvalue weighted by molar-refractivity contribution is 0.0911. The highest BCUT2D eigenvalue weighted by molar-refractivity contribution is 5.36. The molecular weight excluding hydrogens is 323 g/mol. The summed E-state index contributed by atoms with van der Waals surface area (Å²) in [6, 6.07) is 5.38. The number of halogens is 1. The van der Waals surface area contributed by atoms with Gasteiger partial charge in [0.25, 0.3) is 5.56 Å². The predicted octanol–water partition coefficient (Wildman–Crippen LogP) is 2.93. The summed E-state index contributed by atoms with van der Waals surface area (Å²) in [7, 11) is 0. The second-order valence-corrected chi connectivity index (χ2v) is 5.98. The van der Waals surface area contributed by atoms with Gasteiger partial charge in [0.15, 0.2) is 6.17 Å². The van der Waals surface area contributed by atoms with Gasteiger partial charge in [0.1, 0.15) is 6.73 Å². The Hall–Kier alpha value is -2.47. The predicted molar refractivity (Wildman–Crippen MR) is 95.7 cm³/mol. The highest BCUT2D eigenvalue weighted by Gasteiger charge is 2.24. The van der Waals surface area contributed by atoms with Crippen molar-refractivity contribution in [1.82, 2.24) is 9.55 Å². The van der Waals surface area contributed by atoms with E-state index in [9.17, 15) is 9.59 Å². The summed E-state index contributed by atoms with van der Waals surface area (Å²) in [5.74, 6) is 0. The molecule has 0 saturated carbocycles. The maximum atomic E-state index is 15.4. The molecule has 1 unspecified atom stereocenters. The van der Waals surface area contributed by atoms with Crippen LogP contribution in [-0.2, 0) is 17.9 Å². The van der Waals surface area contributed by atoms with Crippen molar-refractivity contribution in [2.24, 2.45) is 0 Å². The number of alkyl halides is 1. The van der Waals surface area contributed by atoms with E-state index in [2.05, 4.69) is 11.6 Å². The molecule has 1 aromatic heterocycles. The van der Waals surface area contributed by atoms with Crippen molar-refractivity contribution in [1.29, 1.82) is 0 Å². The monoisotopic (exact) mass is 346 g/mol. The summed E-state index contributed by atoms with van der Waals surface area (Å²) in [4.78, 5) is 26.6. The minimum absolute atomic E-state index is 0.0466. The Kier molecular flexibility index (Phi) is 6.09. The van der Waals surface area contributed by atoms with Crippen molar-refractivity contribution in [3.63, 3.8) is 0 Å². The van der Waals surface area contributed by atoms with E-state index in [0.29, 0.717) is 12.0 Å². The number of rotatable bonds is 7. The molecule has 1 N–H and O–H groups in total. The minimum Gasteiger partial charge on any atom is -0.357 e. The fourth-order valence-electron chi connectivity index (χ4n) is 2.93. The van der Waals surface area contributed by atoms with Crippen LogP contribution in [0.15, 0.2) is 40.4 Å². The number of hydrogen-bond donors (Lipinski definition) is 1. The Morgan fingerprint density at radius 3 is 2.48 bits per heavy atom. The molecule has 25 heavy (non-hydrogen) atoms. The van der Waals surface area contributed by atoms with Gasteiger partial charge in [0.2, 0.25) is 0 Å². The molecule has 0 aliphatic rings. The van der Waals surface area contributed by atoms with Crippen LogP contribution in [0.4, 0.5) is 4.39 Å². The van der Waals surface area contributed by atoms with Crippen molar-refractivity contribution >= 4 is 0 Å². The van der Waals surface area contributed by atoms with Gasteiger partial charge in [0.05, 0.1) is 12.3 Å². The maximum Gasteiger partial charge on any atom is 0.330 e. The van der Waals surface area contributed by atoms with Gasteiger partial charge in [-0.25, -0.2) is 9.18 Å². The molecule has 134 valence electrons. The summed E-state index contributed by atoms with van der Waals surface area (Å²) in [6.45, 7) is 9.11. The van der Waals surface area contributed by atoms with E-state index in [1.807, 2.05) is 19.9 Å². The number of aromatic amines is 1. The van der Waals surface area contributed by atoms with Gasteiger partial charge in [-0.1, -0.05) is 42.3 Å². The second-order valence-electron chi connectivity index (χ2n) is 5.98. The van der Waals surface area contributed by atoms with Gasteiger partial charge >= 0.3 is 5.69 Å². The van der Waals surface area contributed by atoms with Crippen molar-refractivity contribution < 1.29 is 9.13 Å². The van der Waals surface area contributed by atoms with Crippen LogP contribution in [0.2, 0.25) is 0 Å². The lowest BCUT2D eigenvalue weighted by atomic mass is 9.99. The maximum absolute atomic E-state index is 15.4. The van der Waals surface area contributed by atoms with Gasteiger partial charge in [0, 0.05) is 5.56 Å². The van der Waals surface area contributed by atoms with E-state index in [1.165, 1.54) is 6.08 Å². The van der Waals surface area contributed by atoms with Crippen LogP contribution in [0.3, 0.4) is 0 Å². The van der Waals surface area contributed by atoms with Crippen LogP contribution >= 0.6 is 0 Å². The van der Waals surface area contributed by atoms with Crippen LogP contribution < -0.4 is 11.2 Å². The SMILES string of the molecule is C=CCOCn1c(C(F)c2cc(C)cc(C)c2)c(CC)c(=O)[nH]c1=O. The van der Waals surface area contributed by atoms with Crippen molar-refractivity contribution in [2.45, 2.75) is 40.1 Å². The molecule has 0 radical (unpaired) electrons. The topological polar surface area (TPSA) is 64.1 Å². The molecule has 6 heteroatoms. The van der Waals surface area contributed by atoms with E-state index >= 15 is 4.39 Å². The smallest absolute Gasteiger partial charge is 0.330 e. The van der Waals surface area contributed by atoms with Crippen LogP contribution in [0.5, 0.6) is 0 Å². The molecule has 1 atom stereocenters. The number of nitrogens with zero attached hydrogens (tertiary/aromatic N) is 1. The molecule has 2 aromatic rings. The van der Waals surface area contributed by atoms with E-state index in [4.69, 9.17) is 4.74 Å². The molecule has 0 aliphatic carbocycles. The third-order valence-electron chi connectivity index (χ3n) is 3.93. The Balaban J connectivity index is 2.65. The highest BCUT2D eigenvalue weighted by Crippen LogP contribution is 2.28. The number of ether oxygens (including phenoxy) is 1. The van der Waals surface area contributed by atoms with Gasteiger partial charge in [-0.05, 0) is 25.8 Å². The lowest BCUT2D eigenvalue weighted by Gasteiger charge is -2.19. The van der Waals surface area contributed by atoms with Gasteiger partial charge < -0.3 is 4.74 Å². The van der Waals surface area contributed by atoms with E-state index in [0.717, 1.165) is 15.7 Å². The lowest BCUT2D eigenvalue weighted by Crippen LogP contribution is -2.36. The summed E-state index contributed by atoms with van der Waals surface area (Å²) < 4.78 is 21.9. The molecule has 2 rings (SSSR count).